The van der Waals surface area contributed by atoms with Crippen molar-refractivity contribution in [3.63, 3.8) is 0 Å². The van der Waals surface area contributed by atoms with Crippen molar-refractivity contribution < 1.29 is 9.90 Å². The molecule has 1 aromatic heterocycles. The van der Waals surface area contributed by atoms with Gasteiger partial charge in [0.2, 0.25) is 0 Å². The van der Waals surface area contributed by atoms with Crippen LogP contribution in [0.25, 0.3) is 16.7 Å². The molecule has 0 unspecified atom stereocenters. The molecule has 0 saturated heterocycles. The zero-order chi connectivity index (χ0) is 14.1. The number of carbonyl (C=O) groups is 1. The Kier molecular flexibility index (Phi) is 2.96. The van der Waals surface area contributed by atoms with E-state index in [0.29, 0.717) is 11.1 Å². The summed E-state index contributed by atoms with van der Waals surface area (Å²) in [4.78, 5) is 15.7. The number of rotatable bonds is 3. The van der Waals surface area contributed by atoms with E-state index in [9.17, 15) is 4.79 Å². The Morgan fingerprint density at radius 3 is 2.60 bits per heavy atom. The SMILES string of the molecule is NC(=O)c1cccc2c1ncn2-c1ccc(CO)cc1. The molecule has 3 rings (SSSR count). The fourth-order valence-corrected chi connectivity index (χ4v) is 2.21. The molecule has 0 aliphatic carbocycles. The van der Waals surface area contributed by atoms with Crippen LogP contribution in [0.15, 0.2) is 48.8 Å². The molecule has 0 aliphatic rings. The summed E-state index contributed by atoms with van der Waals surface area (Å²) in [6.45, 7) is 0.0107. The molecule has 2 aromatic carbocycles. The third-order valence-corrected chi connectivity index (χ3v) is 3.24. The van der Waals surface area contributed by atoms with Gasteiger partial charge in [-0.15, -0.1) is 0 Å². The third-order valence-electron chi connectivity index (χ3n) is 3.24. The summed E-state index contributed by atoms with van der Waals surface area (Å²) in [5.74, 6) is -0.489. The highest BCUT2D eigenvalue weighted by Gasteiger charge is 2.11. The molecule has 0 fully saturated rings. The Morgan fingerprint density at radius 2 is 1.95 bits per heavy atom. The maximum absolute atomic E-state index is 11.4. The van der Waals surface area contributed by atoms with Gasteiger partial charge in [0.1, 0.15) is 11.8 Å². The summed E-state index contributed by atoms with van der Waals surface area (Å²) in [6, 6.07) is 12.8. The second-order valence-corrected chi connectivity index (χ2v) is 4.48. The number of nitrogens with zero attached hydrogens (tertiary/aromatic N) is 2. The van der Waals surface area contributed by atoms with Gasteiger partial charge in [0.05, 0.1) is 17.7 Å². The Labute approximate surface area is 115 Å². The topological polar surface area (TPSA) is 81.1 Å². The maximum Gasteiger partial charge on any atom is 0.250 e. The minimum atomic E-state index is -0.489. The van der Waals surface area contributed by atoms with Crippen LogP contribution < -0.4 is 5.73 Å². The molecule has 100 valence electrons. The van der Waals surface area contributed by atoms with E-state index < -0.39 is 5.91 Å². The van der Waals surface area contributed by atoms with Crippen molar-refractivity contribution in [2.45, 2.75) is 6.61 Å². The number of aliphatic hydroxyl groups excluding tert-OH is 1. The molecule has 20 heavy (non-hydrogen) atoms. The predicted octanol–water partition coefficient (Wildman–Crippen LogP) is 1.62. The van der Waals surface area contributed by atoms with Crippen molar-refractivity contribution in [3.05, 3.63) is 59.9 Å². The number of para-hydroxylation sites is 1. The molecular formula is C15H13N3O2. The number of benzene rings is 2. The molecule has 0 radical (unpaired) electrons. The first-order valence-electron chi connectivity index (χ1n) is 6.17. The number of aliphatic hydroxyl groups is 1. The number of hydrogen-bond acceptors (Lipinski definition) is 3. The summed E-state index contributed by atoms with van der Waals surface area (Å²) >= 11 is 0. The van der Waals surface area contributed by atoms with Crippen LogP contribution in [0, 0.1) is 0 Å². The molecule has 0 aliphatic heterocycles. The van der Waals surface area contributed by atoms with Crippen LogP contribution in [-0.4, -0.2) is 20.6 Å². The van der Waals surface area contributed by atoms with Gasteiger partial charge in [-0.05, 0) is 29.8 Å². The molecule has 0 saturated carbocycles. The van der Waals surface area contributed by atoms with Gasteiger partial charge in [0, 0.05) is 5.69 Å². The van der Waals surface area contributed by atoms with Crippen LogP contribution >= 0.6 is 0 Å². The normalized spacial score (nSPS) is 10.8. The lowest BCUT2D eigenvalue weighted by atomic mass is 10.1. The van der Waals surface area contributed by atoms with Crippen molar-refractivity contribution in [3.8, 4) is 5.69 Å². The van der Waals surface area contributed by atoms with Gasteiger partial charge in [-0.2, -0.15) is 0 Å². The van der Waals surface area contributed by atoms with Gasteiger partial charge in [-0.3, -0.25) is 9.36 Å². The highest BCUT2D eigenvalue weighted by Crippen LogP contribution is 2.21. The standard InChI is InChI=1S/C15H13N3O2/c16-15(20)12-2-1-3-13-14(12)17-9-18(13)11-6-4-10(8-19)5-7-11/h1-7,9,19H,8H2,(H2,16,20). The van der Waals surface area contributed by atoms with Gasteiger partial charge >= 0.3 is 0 Å². The highest BCUT2D eigenvalue weighted by molar-refractivity contribution is 6.04. The first-order chi connectivity index (χ1) is 9.70. The van der Waals surface area contributed by atoms with Crippen molar-refractivity contribution in [2.24, 2.45) is 5.73 Å². The van der Waals surface area contributed by atoms with E-state index >= 15 is 0 Å². The van der Waals surface area contributed by atoms with Crippen LogP contribution in [0.5, 0.6) is 0 Å². The van der Waals surface area contributed by atoms with E-state index in [1.165, 1.54) is 0 Å². The minimum Gasteiger partial charge on any atom is -0.392 e. The van der Waals surface area contributed by atoms with Gasteiger partial charge in [-0.25, -0.2) is 4.98 Å². The van der Waals surface area contributed by atoms with Crippen LogP contribution in [-0.2, 0) is 6.61 Å². The largest absolute Gasteiger partial charge is 0.392 e. The number of carbonyl (C=O) groups excluding carboxylic acids is 1. The molecule has 5 heteroatoms. The summed E-state index contributed by atoms with van der Waals surface area (Å²) < 4.78 is 1.88. The fraction of sp³-hybridized carbons (Fsp3) is 0.0667. The maximum atomic E-state index is 11.4. The molecule has 0 spiro atoms. The molecule has 1 heterocycles. The number of amides is 1. The van der Waals surface area contributed by atoms with Crippen LogP contribution in [0.1, 0.15) is 15.9 Å². The monoisotopic (exact) mass is 267 g/mol. The zero-order valence-electron chi connectivity index (χ0n) is 10.7. The van der Waals surface area contributed by atoms with Crippen molar-refractivity contribution >= 4 is 16.9 Å². The van der Waals surface area contributed by atoms with E-state index in [1.807, 2.05) is 34.9 Å². The molecule has 3 aromatic rings. The lowest BCUT2D eigenvalue weighted by Crippen LogP contribution is -2.11. The van der Waals surface area contributed by atoms with Crippen LogP contribution in [0.3, 0.4) is 0 Å². The smallest absolute Gasteiger partial charge is 0.250 e. The van der Waals surface area contributed by atoms with E-state index in [1.54, 1.807) is 18.5 Å². The van der Waals surface area contributed by atoms with Crippen LogP contribution in [0.2, 0.25) is 0 Å². The molecule has 0 atom stereocenters. The first kappa shape index (κ1) is 12.4. The molecule has 1 amide bonds. The molecule has 3 N–H and O–H groups in total. The van der Waals surface area contributed by atoms with E-state index in [-0.39, 0.29) is 6.61 Å². The van der Waals surface area contributed by atoms with Crippen LogP contribution in [0.4, 0.5) is 0 Å². The first-order valence-corrected chi connectivity index (χ1v) is 6.17. The van der Waals surface area contributed by atoms with E-state index in [0.717, 1.165) is 16.8 Å². The lowest BCUT2D eigenvalue weighted by Gasteiger charge is -2.05. The van der Waals surface area contributed by atoms with Gasteiger partial charge < -0.3 is 10.8 Å². The van der Waals surface area contributed by atoms with Gasteiger partial charge in [-0.1, -0.05) is 18.2 Å². The number of nitrogens with two attached hydrogens (primary N) is 1. The average Bonchev–Trinajstić information content (AvgIpc) is 2.91. The minimum absolute atomic E-state index is 0.0107. The Morgan fingerprint density at radius 1 is 1.20 bits per heavy atom. The van der Waals surface area contributed by atoms with E-state index in [2.05, 4.69) is 4.98 Å². The molecular weight excluding hydrogens is 254 g/mol. The molecule has 5 nitrogen and oxygen atoms in total. The average molecular weight is 267 g/mol. The highest BCUT2D eigenvalue weighted by atomic mass is 16.3. The summed E-state index contributed by atoms with van der Waals surface area (Å²) in [6.07, 6.45) is 1.66. The predicted molar refractivity (Wildman–Crippen MR) is 75.5 cm³/mol. The summed E-state index contributed by atoms with van der Waals surface area (Å²) in [7, 11) is 0. The Balaban J connectivity index is 2.17. The lowest BCUT2D eigenvalue weighted by molar-refractivity contribution is 0.100. The van der Waals surface area contributed by atoms with Crippen molar-refractivity contribution in [2.75, 3.05) is 0 Å². The quantitative estimate of drug-likeness (QED) is 0.756. The zero-order valence-corrected chi connectivity index (χ0v) is 10.7. The summed E-state index contributed by atoms with van der Waals surface area (Å²) in [5, 5.41) is 9.06. The number of fused-ring (bicyclic) bond motifs is 1. The van der Waals surface area contributed by atoms with Crippen molar-refractivity contribution in [1.29, 1.82) is 0 Å². The third kappa shape index (κ3) is 1.94. The van der Waals surface area contributed by atoms with Crippen molar-refractivity contribution in [1.82, 2.24) is 9.55 Å². The number of primary amides is 1. The van der Waals surface area contributed by atoms with Gasteiger partial charge in [0.25, 0.3) is 5.91 Å². The van der Waals surface area contributed by atoms with Gasteiger partial charge in [0.15, 0.2) is 0 Å². The molecule has 0 bridgehead atoms. The Hall–Kier alpha value is -2.66. The van der Waals surface area contributed by atoms with E-state index in [4.69, 9.17) is 10.8 Å². The number of hydrogen-bond donors (Lipinski definition) is 2. The number of aromatic nitrogens is 2. The fourth-order valence-electron chi connectivity index (χ4n) is 2.21. The second-order valence-electron chi connectivity index (χ2n) is 4.48. The summed E-state index contributed by atoms with van der Waals surface area (Å²) in [5.41, 5.74) is 8.92. The number of imidazole rings is 1. The Bertz CT molecular complexity index is 775. The second kappa shape index (κ2) is 4.79.